The summed E-state index contributed by atoms with van der Waals surface area (Å²) in [6.07, 6.45) is -6.95. The van der Waals surface area contributed by atoms with E-state index < -0.39 is 28.3 Å². The van der Waals surface area contributed by atoms with Crippen LogP contribution in [-0.2, 0) is 6.18 Å². The highest BCUT2D eigenvalue weighted by Gasteiger charge is 2.37. The highest BCUT2D eigenvalue weighted by Crippen LogP contribution is 2.39. The molecule has 0 aromatic carbocycles. The first-order valence-corrected chi connectivity index (χ1v) is 5.31. The molecule has 84 valence electrons. The average molecular weight is 402 g/mol. The van der Waals surface area contributed by atoms with Gasteiger partial charge in [-0.25, -0.2) is 13.8 Å². The van der Waals surface area contributed by atoms with Gasteiger partial charge in [-0.15, -0.1) is 0 Å². The number of pyridine rings is 1. The third-order valence-electron chi connectivity index (χ3n) is 1.50. The van der Waals surface area contributed by atoms with Crippen LogP contribution >= 0.6 is 38.5 Å². The smallest absolute Gasteiger partial charge is 0.250 e. The third-order valence-corrected chi connectivity index (χ3v) is 3.16. The highest BCUT2D eigenvalue weighted by atomic mass is 127. The summed E-state index contributed by atoms with van der Waals surface area (Å²) in [5.41, 5.74) is -2.02. The normalized spacial score (nSPS) is 12.3. The van der Waals surface area contributed by atoms with Gasteiger partial charge >= 0.3 is 6.18 Å². The van der Waals surface area contributed by atoms with Crippen LogP contribution in [0.25, 0.3) is 0 Å². The molecule has 0 saturated heterocycles. The van der Waals surface area contributed by atoms with Crippen molar-refractivity contribution in [3.05, 3.63) is 25.5 Å². The zero-order chi connectivity index (χ0) is 11.8. The van der Waals surface area contributed by atoms with Crippen molar-refractivity contribution in [3.63, 3.8) is 0 Å². The predicted molar refractivity (Wildman–Crippen MR) is 54.6 cm³/mol. The van der Waals surface area contributed by atoms with Gasteiger partial charge in [-0.05, 0) is 38.5 Å². The first-order valence-electron chi connectivity index (χ1n) is 3.44. The molecule has 1 aromatic rings. The van der Waals surface area contributed by atoms with Gasteiger partial charge in [0.2, 0.25) is 0 Å². The Morgan fingerprint density at radius 3 is 2.27 bits per heavy atom. The van der Waals surface area contributed by atoms with Gasteiger partial charge in [0.25, 0.3) is 6.43 Å². The minimum Gasteiger partial charge on any atom is -0.250 e. The number of aromatic nitrogens is 1. The molecule has 0 spiro atoms. The fourth-order valence-electron chi connectivity index (χ4n) is 0.877. The summed E-state index contributed by atoms with van der Waals surface area (Å²) in [7, 11) is 0. The van der Waals surface area contributed by atoms with Gasteiger partial charge in [0.1, 0.15) is 0 Å². The van der Waals surface area contributed by atoms with Gasteiger partial charge in [-0.1, -0.05) is 0 Å². The summed E-state index contributed by atoms with van der Waals surface area (Å²) in [6, 6.07) is 0. The molecule has 15 heavy (non-hydrogen) atoms. The molecule has 0 unspecified atom stereocenters. The van der Waals surface area contributed by atoms with Crippen LogP contribution in [0, 0.1) is 3.57 Å². The van der Waals surface area contributed by atoms with E-state index >= 15 is 0 Å². The lowest BCUT2D eigenvalue weighted by atomic mass is 10.2. The lowest BCUT2D eigenvalue weighted by Gasteiger charge is -2.12. The Balaban J connectivity index is 3.42. The number of halogens is 7. The summed E-state index contributed by atoms with van der Waals surface area (Å²) < 4.78 is 61.0. The van der Waals surface area contributed by atoms with E-state index in [1.54, 1.807) is 0 Å². The lowest BCUT2D eigenvalue weighted by molar-refractivity contribution is -0.142. The molecular formula is C7H2BrF5IN. The molecule has 1 nitrogen and oxygen atoms in total. The monoisotopic (exact) mass is 401 g/mol. The van der Waals surface area contributed by atoms with Crippen LogP contribution in [0.4, 0.5) is 22.0 Å². The van der Waals surface area contributed by atoms with Gasteiger partial charge in [0.05, 0.1) is 4.47 Å². The minimum absolute atomic E-state index is 0.0116. The molecule has 0 aliphatic heterocycles. The number of nitrogens with zero attached hydrogens (tertiary/aromatic N) is 1. The second-order valence-electron chi connectivity index (χ2n) is 2.48. The number of hydrogen-bond donors (Lipinski definition) is 0. The van der Waals surface area contributed by atoms with Crippen LogP contribution in [0.1, 0.15) is 17.7 Å². The Labute approximate surface area is 103 Å². The molecule has 0 aliphatic rings. The summed E-state index contributed by atoms with van der Waals surface area (Å²) in [5.74, 6) is 0. The van der Waals surface area contributed by atoms with Gasteiger partial charge in [-0.3, -0.25) is 0 Å². The van der Waals surface area contributed by atoms with E-state index in [0.717, 1.165) is 6.20 Å². The Kier molecular flexibility index (Phi) is 3.90. The molecule has 0 radical (unpaired) electrons. The molecule has 0 saturated carbocycles. The molecule has 0 amide bonds. The first kappa shape index (κ1) is 13.1. The van der Waals surface area contributed by atoms with E-state index in [-0.39, 0.29) is 3.57 Å². The van der Waals surface area contributed by atoms with Gasteiger partial charge in [-0.2, -0.15) is 13.2 Å². The summed E-state index contributed by atoms with van der Waals surface area (Å²) in [4.78, 5) is 3.08. The summed E-state index contributed by atoms with van der Waals surface area (Å²) in [5, 5.41) is 0. The topological polar surface area (TPSA) is 12.9 Å². The Morgan fingerprint density at radius 2 is 1.87 bits per heavy atom. The molecule has 0 bridgehead atoms. The Morgan fingerprint density at radius 1 is 1.33 bits per heavy atom. The van der Waals surface area contributed by atoms with Crippen molar-refractivity contribution in [2.75, 3.05) is 0 Å². The van der Waals surface area contributed by atoms with Crippen molar-refractivity contribution in [2.45, 2.75) is 12.6 Å². The molecular weight excluding hydrogens is 400 g/mol. The van der Waals surface area contributed by atoms with Crippen LogP contribution in [-0.4, -0.2) is 4.98 Å². The van der Waals surface area contributed by atoms with Crippen LogP contribution in [0.5, 0.6) is 0 Å². The van der Waals surface area contributed by atoms with E-state index in [2.05, 4.69) is 20.9 Å². The first-order chi connectivity index (χ1) is 6.75. The SMILES string of the molecule is FC(F)c1c(I)cnc(C(F)(F)F)c1Br. The second kappa shape index (κ2) is 4.48. The maximum absolute atomic E-state index is 12.4. The van der Waals surface area contributed by atoms with E-state index in [9.17, 15) is 22.0 Å². The number of rotatable bonds is 1. The molecule has 1 aromatic heterocycles. The molecule has 0 aliphatic carbocycles. The van der Waals surface area contributed by atoms with E-state index in [1.807, 2.05) is 0 Å². The van der Waals surface area contributed by atoms with Crippen molar-refractivity contribution in [1.29, 1.82) is 0 Å². The van der Waals surface area contributed by atoms with Crippen LogP contribution < -0.4 is 0 Å². The molecule has 8 heteroatoms. The summed E-state index contributed by atoms with van der Waals surface area (Å²) in [6.45, 7) is 0. The van der Waals surface area contributed by atoms with Crippen LogP contribution in [0.15, 0.2) is 10.7 Å². The largest absolute Gasteiger partial charge is 0.434 e. The van der Waals surface area contributed by atoms with E-state index in [4.69, 9.17) is 0 Å². The maximum Gasteiger partial charge on any atom is 0.434 e. The lowest BCUT2D eigenvalue weighted by Crippen LogP contribution is -2.11. The van der Waals surface area contributed by atoms with Gasteiger partial charge < -0.3 is 0 Å². The molecule has 0 fully saturated rings. The fraction of sp³-hybridized carbons (Fsp3) is 0.286. The maximum atomic E-state index is 12.4. The van der Waals surface area contributed by atoms with Crippen molar-refractivity contribution in [3.8, 4) is 0 Å². The van der Waals surface area contributed by atoms with Gasteiger partial charge in [0, 0.05) is 15.3 Å². The third kappa shape index (κ3) is 2.77. The zero-order valence-electron chi connectivity index (χ0n) is 6.75. The van der Waals surface area contributed by atoms with Crippen molar-refractivity contribution in [1.82, 2.24) is 4.98 Å². The van der Waals surface area contributed by atoms with Gasteiger partial charge in [0.15, 0.2) is 5.69 Å². The molecule has 1 heterocycles. The van der Waals surface area contributed by atoms with Crippen molar-refractivity contribution in [2.24, 2.45) is 0 Å². The van der Waals surface area contributed by atoms with Crippen LogP contribution in [0.3, 0.4) is 0 Å². The number of alkyl halides is 5. The second-order valence-corrected chi connectivity index (χ2v) is 4.44. The number of hydrogen-bond acceptors (Lipinski definition) is 1. The van der Waals surface area contributed by atoms with E-state index in [1.165, 1.54) is 22.6 Å². The molecule has 0 atom stereocenters. The Bertz CT molecular complexity index is 378. The highest BCUT2D eigenvalue weighted by molar-refractivity contribution is 14.1. The standard InChI is InChI=1S/C7H2BrF5IN/c8-4-3(6(9)10)2(14)1-15-5(4)7(11,12)13/h1,6H. The zero-order valence-corrected chi connectivity index (χ0v) is 10.5. The minimum atomic E-state index is -4.74. The van der Waals surface area contributed by atoms with Crippen LogP contribution in [0.2, 0.25) is 0 Å². The summed E-state index contributed by atoms with van der Waals surface area (Å²) >= 11 is 4.01. The molecule has 1 rings (SSSR count). The van der Waals surface area contributed by atoms with Crippen molar-refractivity contribution < 1.29 is 22.0 Å². The predicted octanol–water partition coefficient (Wildman–Crippen LogP) is 4.41. The Hall–Kier alpha value is 0.01000. The average Bonchev–Trinajstić information content (AvgIpc) is 2.00. The quantitative estimate of drug-likeness (QED) is 0.502. The fourth-order valence-corrected chi connectivity index (χ4v) is 2.61. The van der Waals surface area contributed by atoms with Crippen molar-refractivity contribution >= 4 is 38.5 Å². The van der Waals surface area contributed by atoms with E-state index in [0.29, 0.717) is 0 Å². The molecule has 0 N–H and O–H groups in total.